The maximum Gasteiger partial charge on any atom is 0.410 e. The molecule has 0 rings (SSSR count). The maximum atomic E-state index is 10.7. The number of nitrogens with one attached hydrogen (secondary N) is 1. The van der Waals surface area contributed by atoms with Gasteiger partial charge in [0.15, 0.2) is 8.32 Å². The van der Waals surface area contributed by atoms with Gasteiger partial charge in [0.1, 0.15) is 0 Å². The minimum Gasteiger partial charge on any atom is -0.453 e. The van der Waals surface area contributed by atoms with Gasteiger partial charge in [-0.3, -0.25) is 5.32 Å². The van der Waals surface area contributed by atoms with Gasteiger partial charge >= 0.3 is 6.09 Å². The summed E-state index contributed by atoms with van der Waals surface area (Å²) in [6.45, 7) is 11.7. The van der Waals surface area contributed by atoms with Crippen molar-refractivity contribution in [2.45, 2.75) is 38.9 Å². The van der Waals surface area contributed by atoms with E-state index in [0.717, 1.165) is 0 Å². The lowest BCUT2D eigenvalue weighted by Crippen LogP contribution is -2.40. The molecule has 0 aromatic rings. The number of alkyl carbamates (subject to hydrolysis) is 1. The van der Waals surface area contributed by atoms with Crippen LogP contribution in [0.3, 0.4) is 0 Å². The van der Waals surface area contributed by atoms with Crippen molar-refractivity contribution in [2.75, 3.05) is 13.7 Å². The van der Waals surface area contributed by atoms with Gasteiger partial charge in [-0.15, -0.1) is 0 Å². The zero-order valence-electron chi connectivity index (χ0n) is 12.2. The van der Waals surface area contributed by atoms with Gasteiger partial charge in [0.25, 0.3) is 0 Å². The third kappa shape index (κ3) is 6.61. The minimum atomic E-state index is -1.66. The second-order valence-electron chi connectivity index (χ2n) is 5.49. The highest BCUT2D eigenvalue weighted by molar-refractivity contribution is 6.74. The van der Waals surface area contributed by atoms with Crippen LogP contribution < -0.4 is 5.32 Å². The molecule has 0 atom stereocenters. The number of hydrogen-bond acceptors (Lipinski definition) is 3. The molecule has 5 heteroatoms. The molecule has 0 spiro atoms. The summed E-state index contributed by atoms with van der Waals surface area (Å²) in [5.74, 6) is 0. The lowest BCUT2D eigenvalue weighted by molar-refractivity contribution is 0.175. The third-order valence-electron chi connectivity index (χ3n) is 3.08. The zero-order chi connectivity index (χ0) is 14.2. The number of carbonyl (C=O) groups is 1. The first kappa shape index (κ1) is 16.9. The summed E-state index contributed by atoms with van der Waals surface area (Å²) < 4.78 is 10.4. The van der Waals surface area contributed by atoms with Crippen LogP contribution in [0.1, 0.15) is 20.8 Å². The molecular weight excluding hydrogens is 246 g/mol. The number of methoxy groups -OCH3 is 1. The van der Waals surface area contributed by atoms with Crippen LogP contribution in [-0.4, -0.2) is 28.1 Å². The van der Waals surface area contributed by atoms with Crippen molar-refractivity contribution in [2.24, 2.45) is 0 Å². The Morgan fingerprint density at radius 1 is 1.28 bits per heavy atom. The van der Waals surface area contributed by atoms with E-state index >= 15 is 0 Å². The third-order valence-corrected chi connectivity index (χ3v) is 7.58. The molecule has 0 saturated heterocycles. The van der Waals surface area contributed by atoms with Gasteiger partial charge in [0.2, 0.25) is 0 Å². The van der Waals surface area contributed by atoms with E-state index in [1.807, 2.05) is 12.2 Å². The molecule has 0 unspecified atom stereocenters. The highest BCUT2D eigenvalue weighted by Crippen LogP contribution is 2.36. The molecule has 0 aromatic heterocycles. The summed E-state index contributed by atoms with van der Waals surface area (Å²) in [7, 11) is -0.337. The standard InChI is InChI=1S/C13H25NO3Si/c1-13(2,3)18(5,6)17-11-9-7-8-10-14-12(15)16-4/h7-10H,11H2,1-6H3,(H,14,15)/b9-7+,10-8+. The topological polar surface area (TPSA) is 47.6 Å². The largest absolute Gasteiger partial charge is 0.453 e. The second-order valence-corrected chi connectivity index (χ2v) is 10.3. The molecule has 0 saturated carbocycles. The summed E-state index contributed by atoms with van der Waals surface area (Å²) >= 11 is 0. The van der Waals surface area contributed by atoms with Gasteiger partial charge in [-0.05, 0) is 24.2 Å². The fourth-order valence-corrected chi connectivity index (χ4v) is 1.78. The number of allylic oxidation sites excluding steroid dienone is 2. The Morgan fingerprint density at radius 2 is 1.89 bits per heavy atom. The molecule has 0 heterocycles. The summed E-state index contributed by atoms with van der Waals surface area (Å²) in [5.41, 5.74) is 0. The van der Waals surface area contributed by atoms with Gasteiger partial charge in [-0.1, -0.05) is 32.9 Å². The van der Waals surface area contributed by atoms with Crippen molar-refractivity contribution in [1.29, 1.82) is 0 Å². The van der Waals surface area contributed by atoms with Crippen molar-refractivity contribution in [3.63, 3.8) is 0 Å². The maximum absolute atomic E-state index is 10.7. The molecule has 18 heavy (non-hydrogen) atoms. The monoisotopic (exact) mass is 271 g/mol. The number of rotatable bonds is 5. The quantitative estimate of drug-likeness (QED) is 0.615. The van der Waals surface area contributed by atoms with Crippen LogP contribution in [0.4, 0.5) is 4.79 Å². The molecular formula is C13H25NO3Si. The Kier molecular flexibility index (Phi) is 6.94. The lowest BCUT2D eigenvalue weighted by Gasteiger charge is -2.35. The Hall–Kier alpha value is -1.07. The van der Waals surface area contributed by atoms with Crippen LogP contribution >= 0.6 is 0 Å². The molecule has 1 N–H and O–H groups in total. The van der Waals surface area contributed by atoms with Gasteiger partial charge in [-0.2, -0.15) is 0 Å². The Labute approximate surface area is 111 Å². The van der Waals surface area contributed by atoms with E-state index in [2.05, 4.69) is 43.9 Å². The fraction of sp³-hybridized carbons (Fsp3) is 0.615. The van der Waals surface area contributed by atoms with Crippen molar-refractivity contribution in [1.82, 2.24) is 5.32 Å². The van der Waals surface area contributed by atoms with Crippen LogP contribution in [0.2, 0.25) is 18.1 Å². The molecule has 0 aliphatic heterocycles. The van der Waals surface area contributed by atoms with Crippen molar-refractivity contribution in [3.8, 4) is 0 Å². The smallest absolute Gasteiger partial charge is 0.410 e. The molecule has 4 nitrogen and oxygen atoms in total. The first-order valence-corrected chi connectivity index (χ1v) is 8.91. The summed E-state index contributed by atoms with van der Waals surface area (Å²) in [4.78, 5) is 10.7. The van der Waals surface area contributed by atoms with Crippen LogP contribution in [0, 0.1) is 0 Å². The van der Waals surface area contributed by atoms with E-state index in [-0.39, 0.29) is 5.04 Å². The van der Waals surface area contributed by atoms with E-state index < -0.39 is 14.4 Å². The molecule has 104 valence electrons. The first-order chi connectivity index (χ1) is 8.20. The van der Waals surface area contributed by atoms with E-state index in [9.17, 15) is 4.79 Å². The summed E-state index contributed by atoms with van der Waals surface area (Å²) in [5, 5.41) is 2.66. The molecule has 0 aliphatic carbocycles. The Morgan fingerprint density at radius 3 is 2.39 bits per heavy atom. The highest BCUT2D eigenvalue weighted by Gasteiger charge is 2.36. The van der Waals surface area contributed by atoms with E-state index in [1.54, 1.807) is 6.08 Å². The van der Waals surface area contributed by atoms with Crippen LogP contribution in [-0.2, 0) is 9.16 Å². The predicted octanol–water partition coefficient (Wildman–Crippen LogP) is 3.43. The lowest BCUT2D eigenvalue weighted by atomic mass is 10.2. The normalized spacial score (nSPS) is 13.2. The zero-order valence-corrected chi connectivity index (χ0v) is 13.2. The minimum absolute atomic E-state index is 0.225. The van der Waals surface area contributed by atoms with E-state index in [1.165, 1.54) is 13.3 Å². The van der Waals surface area contributed by atoms with Gasteiger partial charge in [0.05, 0.1) is 13.7 Å². The van der Waals surface area contributed by atoms with Crippen LogP contribution in [0.5, 0.6) is 0 Å². The van der Waals surface area contributed by atoms with Gasteiger partial charge in [0, 0.05) is 6.20 Å². The Bertz CT molecular complexity index is 317. The van der Waals surface area contributed by atoms with Crippen LogP contribution in [0.25, 0.3) is 0 Å². The molecule has 0 bridgehead atoms. The highest BCUT2D eigenvalue weighted by atomic mass is 28.4. The number of hydrogen-bond donors (Lipinski definition) is 1. The van der Waals surface area contributed by atoms with Crippen molar-refractivity contribution < 1.29 is 14.0 Å². The molecule has 0 radical (unpaired) electrons. The number of amides is 1. The molecule has 0 fully saturated rings. The van der Waals surface area contributed by atoms with Crippen molar-refractivity contribution in [3.05, 3.63) is 24.4 Å². The number of carbonyl (C=O) groups excluding carboxylic acids is 1. The number of ether oxygens (including phenoxy) is 1. The average Bonchev–Trinajstić information content (AvgIpc) is 2.25. The van der Waals surface area contributed by atoms with E-state index in [0.29, 0.717) is 6.61 Å². The molecule has 1 amide bonds. The average molecular weight is 271 g/mol. The van der Waals surface area contributed by atoms with Gasteiger partial charge in [-0.25, -0.2) is 4.79 Å². The second kappa shape index (κ2) is 7.38. The molecule has 0 aromatic carbocycles. The van der Waals surface area contributed by atoms with E-state index in [4.69, 9.17) is 4.43 Å². The summed E-state index contributed by atoms with van der Waals surface area (Å²) in [6, 6.07) is 0. The SMILES string of the molecule is COC(=O)N/C=C/C=C/CO[Si](C)(C)C(C)(C)C. The first-order valence-electron chi connectivity index (χ1n) is 6.01. The Balaban J connectivity index is 3.95. The van der Waals surface area contributed by atoms with Crippen LogP contribution in [0.15, 0.2) is 24.4 Å². The van der Waals surface area contributed by atoms with Crippen molar-refractivity contribution >= 4 is 14.4 Å². The van der Waals surface area contributed by atoms with Gasteiger partial charge < -0.3 is 9.16 Å². The fourth-order valence-electron chi connectivity index (χ4n) is 0.838. The predicted molar refractivity (Wildman–Crippen MR) is 77.0 cm³/mol. The summed E-state index contributed by atoms with van der Waals surface area (Å²) in [6.07, 6.45) is 6.54. The molecule has 0 aliphatic rings.